The van der Waals surface area contributed by atoms with Gasteiger partial charge in [0, 0.05) is 21.8 Å². The Kier molecular flexibility index (Phi) is 5.17. The number of aromatic nitrogens is 3. The molecule has 3 nitrogen and oxygen atoms in total. The quantitative estimate of drug-likeness (QED) is 0.231. The van der Waals surface area contributed by atoms with E-state index >= 15 is 0 Å². The van der Waals surface area contributed by atoms with E-state index in [2.05, 4.69) is 105 Å². The van der Waals surface area contributed by atoms with Crippen LogP contribution in [0.2, 0.25) is 0 Å². The Morgan fingerprint density at radius 2 is 1.17 bits per heavy atom. The lowest BCUT2D eigenvalue weighted by atomic mass is 9.81. The van der Waals surface area contributed by atoms with Crippen molar-refractivity contribution in [2.75, 3.05) is 0 Å². The molecular weight excluding hydrogens is 498 g/mol. The Hall–Kier alpha value is -5.15. The van der Waals surface area contributed by atoms with Crippen molar-refractivity contribution in [3.05, 3.63) is 139 Å². The summed E-state index contributed by atoms with van der Waals surface area (Å²) >= 11 is 0. The normalized spacial score (nSPS) is 13.3. The van der Waals surface area contributed by atoms with Crippen molar-refractivity contribution in [3.8, 4) is 45.0 Å². The molecule has 3 heteroatoms. The van der Waals surface area contributed by atoms with Gasteiger partial charge in [-0.3, -0.25) is 0 Å². The molecule has 0 saturated carbocycles. The summed E-state index contributed by atoms with van der Waals surface area (Å²) < 4.78 is 0. The van der Waals surface area contributed by atoms with Crippen molar-refractivity contribution in [1.82, 2.24) is 15.0 Å². The smallest absolute Gasteiger partial charge is 0.179 e. The highest BCUT2D eigenvalue weighted by atomic mass is 14.9. The fourth-order valence-corrected chi connectivity index (χ4v) is 6.41. The van der Waals surface area contributed by atoms with Gasteiger partial charge in [-0.25, -0.2) is 15.0 Å². The molecule has 0 unspecified atom stereocenters. The third-order valence-electron chi connectivity index (χ3n) is 8.51. The van der Waals surface area contributed by atoms with Crippen LogP contribution in [0.4, 0.5) is 0 Å². The van der Waals surface area contributed by atoms with Gasteiger partial charge in [-0.15, -0.1) is 0 Å². The number of fused-ring (bicyclic) bond motifs is 5. The van der Waals surface area contributed by atoms with Crippen molar-refractivity contribution in [2.24, 2.45) is 0 Å². The zero-order valence-corrected chi connectivity index (χ0v) is 23.0. The van der Waals surface area contributed by atoms with Crippen LogP contribution < -0.4 is 0 Å². The van der Waals surface area contributed by atoms with E-state index in [1.165, 1.54) is 33.4 Å². The number of nitrogens with zero attached hydrogens (tertiary/aromatic N) is 3. The second kappa shape index (κ2) is 8.94. The number of rotatable bonds is 3. The molecular formula is C38H27N3. The first-order valence-electron chi connectivity index (χ1n) is 14.0. The van der Waals surface area contributed by atoms with E-state index in [0.29, 0.717) is 5.82 Å². The maximum absolute atomic E-state index is 5.08. The first-order valence-corrected chi connectivity index (χ1v) is 14.0. The van der Waals surface area contributed by atoms with Crippen LogP contribution in [0.5, 0.6) is 0 Å². The monoisotopic (exact) mass is 525 g/mol. The lowest BCUT2D eigenvalue weighted by Gasteiger charge is -2.22. The van der Waals surface area contributed by atoms with Crippen LogP contribution in [0.3, 0.4) is 0 Å². The van der Waals surface area contributed by atoms with Crippen molar-refractivity contribution < 1.29 is 0 Å². The third-order valence-corrected chi connectivity index (χ3v) is 8.51. The van der Waals surface area contributed by atoms with Crippen molar-refractivity contribution in [2.45, 2.75) is 19.3 Å². The van der Waals surface area contributed by atoms with Gasteiger partial charge in [0.25, 0.3) is 0 Å². The van der Waals surface area contributed by atoms with Gasteiger partial charge in [-0.1, -0.05) is 111 Å². The first kappa shape index (κ1) is 23.7. The highest BCUT2D eigenvalue weighted by molar-refractivity contribution is 5.97. The largest absolute Gasteiger partial charge is 0.244 e. The zero-order valence-electron chi connectivity index (χ0n) is 23.0. The van der Waals surface area contributed by atoms with Crippen LogP contribution in [0.25, 0.3) is 66.8 Å². The van der Waals surface area contributed by atoms with E-state index in [-0.39, 0.29) is 5.41 Å². The van der Waals surface area contributed by atoms with Crippen molar-refractivity contribution in [1.29, 1.82) is 0 Å². The lowest BCUT2D eigenvalue weighted by Crippen LogP contribution is -2.14. The molecule has 0 bridgehead atoms. The molecule has 1 aliphatic rings. The predicted octanol–water partition coefficient (Wildman–Crippen LogP) is 9.49. The summed E-state index contributed by atoms with van der Waals surface area (Å²) in [6.45, 7) is 4.65. The molecule has 0 N–H and O–H groups in total. The van der Waals surface area contributed by atoms with Gasteiger partial charge < -0.3 is 0 Å². The molecule has 7 aromatic rings. The number of pyridine rings is 1. The number of para-hydroxylation sites is 1. The van der Waals surface area contributed by atoms with Crippen LogP contribution in [0, 0.1) is 0 Å². The molecule has 0 amide bonds. The Balaban J connectivity index is 1.25. The van der Waals surface area contributed by atoms with Gasteiger partial charge in [-0.2, -0.15) is 0 Å². The highest BCUT2D eigenvalue weighted by Gasteiger charge is 2.35. The molecule has 0 spiro atoms. The van der Waals surface area contributed by atoms with E-state index in [9.17, 15) is 0 Å². The van der Waals surface area contributed by atoms with E-state index in [0.717, 1.165) is 38.8 Å². The number of hydrogen-bond donors (Lipinski definition) is 0. The fraction of sp³-hybridized carbons (Fsp3) is 0.0789. The average Bonchev–Trinajstić information content (AvgIpc) is 3.26. The minimum Gasteiger partial charge on any atom is -0.244 e. The fourth-order valence-electron chi connectivity index (χ4n) is 6.41. The standard InChI is InChI=1S/C38H27N3/c1-38(2)31-16-8-6-13-27(31)28-20-19-25(23-32(28)38)26-15-10-18-33-29(26)21-22-35(39-33)37-40-34-17-9-7-14-30(34)36(41-37)24-11-4-3-5-12-24/h3-23H,1-2H3. The Morgan fingerprint density at radius 1 is 0.463 bits per heavy atom. The molecule has 5 aromatic carbocycles. The van der Waals surface area contributed by atoms with Crippen molar-refractivity contribution >= 4 is 21.8 Å². The highest BCUT2D eigenvalue weighted by Crippen LogP contribution is 2.49. The van der Waals surface area contributed by atoms with Crippen LogP contribution >= 0.6 is 0 Å². The maximum atomic E-state index is 5.08. The molecule has 0 saturated heterocycles. The van der Waals surface area contributed by atoms with E-state index < -0.39 is 0 Å². The van der Waals surface area contributed by atoms with Crippen LogP contribution in [-0.4, -0.2) is 15.0 Å². The van der Waals surface area contributed by atoms with Crippen molar-refractivity contribution in [3.63, 3.8) is 0 Å². The Bertz CT molecular complexity index is 2130. The summed E-state index contributed by atoms with van der Waals surface area (Å²) in [6.07, 6.45) is 0. The molecule has 8 rings (SSSR count). The second-order valence-corrected chi connectivity index (χ2v) is 11.3. The van der Waals surface area contributed by atoms with Crippen LogP contribution in [0.15, 0.2) is 127 Å². The molecule has 1 aliphatic carbocycles. The average molecular weight is 526 g/mol. The summed E-state index contributed by atoms with van der Waals surface area (Å²) in [5.41, 5.74) is 12.4. The summed E-state index contributed by atoms with van der Waals surface area (Å²) in [6, 6.07) is 44.7. The number of hydrogen-bond acceptors (Lipinski definition) is 3. The molecule has 0 radical (unpaired) electrons. The summed E-state index contributed by atoms with van der Waals surface area (Å²) in [4.78, 5) is 15.0. The molecule has 194 valence electrons. The molecule has 0 aliphatic heterocycles. The maximum Gasteiger partial charge on any atom is 0.179 e. The molecule has 2 aromatic heterocycles. The van der Waals surface area contributed by atoms with E-state index in [4.69, 9.17) is 15.0 Å². The zero-order chi connectivity index (χ0) is 27.6. The van der Waals surface area contributed by atoms with Gasteiger partial charge in [0.2, 0.25) is 0 Å². The Morgan fingerprint density at radius 3 is 2.07 bits per heavy atom. The van der Waals surface area contributed by atoms with Gasteiger partial charge in [0.1, 0.15) is 5.69 Å². The van der Waals surface area contributed by atoms with E-state index in [1.807, 2.05) is 36.4 Å². The van der Waals surface area contributed by atoms with E-state index in [1.54, 1.807) is 0 Å². The van der Waals surface area contributed by atoms with Gasteiger partial charge in [-0.05, 0) is 63.7 Å². The summed E-state index contributed by atoms with van der Waals surface area (Å²) in [5, 5.41) is 2.15. The Labute approximate surface area is 239 Å². The molecule has 41 heavy (non-hydrogen) atoms. The van der Waals surface area contributed by atoms with Crippen LogP contribution in [0.1, 0.15) is 25.0 Å². The summed E-state index contributed by atoms with van der Waals surface area (Å²) in [5.74, 6) is 0.631. The number of benzene rings is 5. The van der Waals surface area contributed by atoms with Crippen LogP contribution in [-0.2, 0) is 5.41 Å². The lowest BCUT2D eigenvalue weighted by molar-refractivity contribution is 0.660. The second-order valence-electron chi connectivity index (χ2n) is 11.3. The van der Waals surface area contributed by atoms with Gasteiger partial charge in [0.15, 0.2) is 5.82 Å². The molecule has 2 heterocycles. The third kappa shape index (κ3) is 3.70. The van der Waals surface area contributed by atoms with Gasteiger partial charge in [0.05, 0.1) is 16.7 Å². The van der Waals surface area contributed by atoms with Gasteiger partial charge >= 0.3 is 0 Å². The molecule has 0 fully saturated rings. The SMILES string of the molecule is CC1(C)c2ccccc2-c2ccc(-c3cccc4nc(-c5nc(-c6ccccc6)c6ccccc6n5)ccc34)cc21. The first-order chi connectivity index (χ1) is 20.1. The minimum atomic E-state index is -0.0399. The summed E-state index contributed by atoms with van der Waals surface area (Å²) in [7, 11) is 0. The molecule has 0 atom stereocenters. The minimum absolute atomic E-state index is 0.0399. The topological polar surface area (TPSA) is 38.7 Å². The predicted molar refractivity (Wildman–Crippen MR) is 169 cm³/mol.